The highest BCUT2D eigenvalue weighted by atomic mass is 32.2. The summed E-state index contributed by atoms with van der Waals surface area (Å²) in [6, 6.07) is 43.3. The first-order valence-electron chi connectivity index (χ1n) is 17.4. The molecule has 2 N–H and O–H groups in total. The fourth-order valence-electron chi connectivity index (χ4n) is 7.17. The van der Waals surface area contributed by atoms with Crippen LogP contribution in [0.3, 0.4) is 0 Å². The van der Waals surface area contributed by atoms with Crippen LogP contribution in [0.4, 0.5) is 0 Å². The van der Waals surface area contributed by atoms with Crippen LogP contribution in [0.25, 0.3) is 32.7 Å². The van der Waals surface area contributed by atoms with E-state index in [1.165, 1.54) is 56.5 Å². The predicted octanol–water partition coefficient (Wildman–Crippen LogP) is 9.61. The second kappa shape index (κ2) is 14.9. The van der Waals surface area contributed by atoms with Crippen molar-refractivity contribution in [3.05, 3.63) is 144 Å². The molecule has 0 amide bonds. The third kappa shape index (κ3) is 6.57. The molecule has 0 radical (unpaired) electrons. The Morgan fingerprint density at radius 2 is 1.13 bits per heavy atom. The molecule has 6 aromatic carbocycles. The fraction of sp³-hybridized carbons (Fsp3) is 0.209. The van der Waals surface area contributed by atoms with Crippen molar-refractivity contribution >= 4 is 56.4 Å². The molecule has 0 fully saturated rings. The van der Waals surface area contributed by atoms with Crippen LogP contribution in [-0.4, -0.2) is 57.8 Å². The number of fused-ring (bicyclic) bond motifs is 5. The molecule has 2 unspecified atom stereocenters. The van der Waals surface area contributed by atoms with Crippen molar-refractivity contribution in [3.63, 3.8) is 0 Å². The van der Waals surface area contributed by atoms with Gasteiger partial charge in [-0.2, -0.15) is 0 Å². The van der Waals surface area contributed by atoms with Crippen molar-refractivity contribution in [3.8, 4) is 22.6 Å². The predicted molar refractivity (Wildman–Crippen MR) is 214 cm³/mol. The minimum Gasteiger partial charge on any atom is -0.491 e. The van der Waals surface area contributed by atoms with Gasteiger partial charge in [0, 0.05) is 5.75 Å². The van der Waals surface area contributed by atoms with Crippen molar-refractivity contribution in [1.82, 2.24) is 10.2 Å². The van der Waals surface area contributed by atoms with Crippen LogP contribution in [0.15, 0.2) is 130 Å². The zero-order valence-electron chi connectivity index (χ0n) is 28.9. The summed E-state index contributed by atoms with van der Waals surface area (Å²) in [6.07, 6.45) is 1.51. The third-order valence-corrected chi connectivity index (χ3v) is 12.9. The van der Waals surface area contributed by atoms with Crippen LogP contribution in [0.5, 0.6) is 11.5 Å². The van der Waals surface area contributed by atoms with Crippen molar-refractivity contribution in [2.75, 3.05) is 25.2 Å². The molecule has 2 atom stereocenters. The van der Waals surface area contributed by atoms with E-state index >= 15 is 0 Å². The van der Waals surface area contributed by atoms with Gasteiger partial charge in [-0.15, -0.1) is 10.2 Å². The van der Waals surface area contributed by atoms with Gasteiger partial charge in [0.15, 0.2) is 8.68 Å². The van der Waals surface area contributed by atoms with E-state index < -0.39 is 17.6 Å². The van der Waals surface area contributed by atoms with Gasteiger partial charge in [-0.25, -0.2) is 0 Å². The average molecular weight is 743 g/mol. The maximum atomic E-state index is 10.6. The monoisotopic (exact) mass is 742 g/mol. The normalized spacial score (nSPS) is 14.2. The summed E-state index contributed by atoms with van der Waals surface area (Å²) >= 11 is 4.60. The Balaban J connectivity index is 1.13. The molecular weight excluding hydrogens is 705 g/mol. The molecule has 1 aliphatic carbocycles. The van der Waals surface area contributed by atoms with E-state index in [0.717, 1.165) is 41.7 Å². The smallest absolute Gasteiger partial charge is 0.175 e. The Morgan fingerprint density at radius 1 is 0.635 bits per heavy atom. The molecule has 1 heterocycles. The highest BCUT2D eigenvalue weighted by Gasteiger charge is 2.46. The Morgan fingerprint density at radius 3 is 1.67 bits per heavy atom. The van der Waals surface area contributed by atoms with Gasteiger partial charge in [-0.05, 0) is 104 Å². The van der Waals surface area contributed by atoms with Gasteiger partial charge >= 0.3 is 0 Å². The highest BCUT2D eigenvalue weighted by Crippen LogP contribution is 2.56. The maximum absolute atomic E-state index is 10.6. The van der Waals surface area contributed by atoms with Crippen LogP contribution < -0.4 is 9.47 Å². The van der Waals surface area contributed by atoms with E-state index in [1.54, 1.807) is 11.8 Å². The number of hydrogen-bond donors (Lipinski definition) is 2. The number of nitrogens with zero attached hydrogens (tertiary/aromatic N) is 2. The second-order valence-corrected chi connectivity index (χ2v) is 16.3. The van der Waals surface area contributed by atoms with E-state index in [4.69, 9.17) is 9.47 Å². The fourth-order valence-corrected chi connectivity index (χ4v) is 9.54. The zero-order valence-corrected chi connectivity index (χ0v) is 31.3. The lowest BCUT2D eigenvalue weighted by atomic mass is 9.67. The number of ether oxygens (including phenoxy) is 2. The molecule has 6 nitrogen and oxygen atoms in total. The molecule has 8 rings (SSSR count). The van der Waals surface area contributed by atoms with Crippen molar-refractivity contribution in [2.24, 2.45) is 0 Å². The first-order valence-corrected chi connectivity index (χ1v) is 20.4. The number of thioether (sulfide) groups is 2. The zero-order chi connectivity index (χ0) is 35.7. The SMILES string of the molecule is CCC(O)COc1ccc2cc(C3(c4ccc5cc(OCC(O)CSc6nnc(SC)s6)ccc5c4)c4ccccc4-c4ccccc43)ccc2c1. The number of benzene rings is 6. The Labute approximate surface area is 315 Å². The molecule has 7 aromatic rings. The lowest BCUT2D eigenvalue weighted by Crippen LogP contribution is -2.28. The topological polar surface area (TPSA) is 84.7 Å². The molecule has 0 spiro atoms. The number of rotatable bonds is 13. The maximum Gasteiger partial charge on any atom is 0.175 e. The standard InChI is InChI=1S/C43H38N2O4S3/c1-3-33(46)24-48-35-18-14-27-20-31(16-12-29(27)22-35)43(39-10-6-4-8-37(39)38-9-5-7-11-40(38)43)32-17-13-30-23-36(19-15-28(30)21-32)49-25-34(47)26-51-42-45-44-41(50-2)52-42/h4-23,33-34,46-47H,3,24-26H2,1-2H3. The minimum atomic E-state index is -0.637. The molecule has 9 heteroatoms. The van der Waals surface area contributed by atoms with Crippen molar-refractivity contribution in [2.45, 2.75) is 39.6 Å². The van der Waals surface area contributed by atoms with Gasteiger partial charge in [0.1, 0.15) is 24.7 Å². The van der Waals surface area contributed by atoms with E-state index in [-0.39, 0.29) is 13.2 Å². The van der Waals surface area contributed by atoms with E-state index in [0.29, 0.717) is 12.2 Å². The molecule has 0 saturated carbocycles. The third-order valence-electron chi connectivity index (χ3n) is 9.76. The summed E-state index contributed by atoms with van der Waals surface area (Å²) in [6.45, 7) is 2.42. The van der Waals surface area contributed by atoms with Crippen molar-refractivity contribution < 1.29 is 19.7 Å². The lowest BCUT2D eigenvalue weighted by Gasteiger charge is -2.34. The van der Waals surface area contributed by atoms with E-state index in [9.17, 15) is 10.2 Å². The van der Waals surface area contributed by atoms with Gasteiger partial charge in [0.05, 0.1) is 17.6 Å². The van der Waals surface area contributed by atoms with Gasteiger partial charge in [0.2, 0.25) is 0 Å². The number of aliphatic hydroxyl groups is 2. The van der Waals surface area contributed by atoms with Crippen LogP contribution >= 0.6 is 34.9 Å². The molecule has 0 bridgehead atoms. The van der Waals surface area contributed by atoms with Gasteiger partial charge in [-0.3, -0.25) is 0 Å². The molecule has 52 heavy (non-hydrogen) atoms. The summed E-state index contributed by atoms with van der Waals surface area (Å²) in [5.74, 6) is 1.96. The van der Waals surface area contributed by atoms with Gasteiger partial charge in [0.25, 0.3) is 0 Å². The van der Waals surface area contributed by atoms with Gasteiger partial charge in [-0.1, -0.05) is 127 Å². The van der Waals surface area contributed by atoms with Gasteiger partial charge < -0.3 is 19.7 Å². The van der Waals surface area contributed by atoms with Crippen molar-refractivity contribution in [1.29, 1.82) is 0 Å². The number of aromatic nitrogens is 2. The van der Waals surface area contributed by atoms with E-state index in [2.05, 4.69) is 113 Å². The summed E-state index contributed by atoms with van der Waals surface area (Å²) in [4.78, 5) is 0. The van der Waals surface area contributed by atoms with Crippen LogP contribution in [0.2, 0.25) is 0 Å². The summed E-state index contributed by atoms with van der Waals surface area (Å²) in [5.41, 5.74) is 6.84. The lowest BCUT2D eigenvalue weighted by molar-refractivity contribution is 0.104. The summed E-state index contributed by atoms with van der Waals surface area (Å²) < 4.78 is 13.7. The van der Waals surface area contributed by atoms with Crippen LogP contribution in [0, 0.1) is 0 Å². The molecule has 262 valence electrons. The number of hydrogen-bond acceptors (Lipinski definition) is 9. The quantitative estimate of drug-likeness (QED) is 0.113. The largest absolute Gasteiger partial charge is 0.491 e. The molecule has 1 aliphatic rings. The summed E-state index contributed by atoms with van der Waals surface area (Å²) in [7, 11) is 0. The van der Waals surface area contributed by atoms with E-state index in [1.807, 2.05) is 31.4 Å². The average Bonchev–Trinajstić information content (AvgIpc) is 3.79. The number of aliphatic hydroxyl groups excluding tert-OH is 2. The molecular formula is C43H38N2O4S3. The molecule has 0 aliphatic heterocycles. The summed E-state index contributed by atoms with van der Waals surface area (Å²) in [5, 5.41) is 33.3. The molecule has 0 saturated heterocycles. The van der Waals surface area contributed by atoms with Crippen LogP contribution in [-0.2, 0) is 5.41 Å². The first kappa shape index (κ1) is 34.7. The minimum absolute atomic E-state index is 0.192. The highest BCUT2D eigenvalue weighted by molar-refractivity contribution is 8.03. The Hall–Kier alpha value is -4.38. The first-order chi connectivity index (χ1) is 25.5. The Bertz CT molecular complexity index is 2330. The second-order valence-electron chi connectivity index (χ2n) is 13.0. The molecule has 1 aromatic heterocycles. The van der Waals surface area contributed by atoms with Crippen LogP contribution in [0.1, 0.15) is 35.6 Å². The Kier molecular flexibility index (Phi) is 9.96.